The lowest BCUT2D eigenvalue weighted by Gasteiger charge is -2.43. The van der Waals surface area contributed by atoms with E-state index in [2.05, 4.69) is 0 Å². The van der Waals surface area contributed by atoms with Crippen molar-refractivity contribution in [3.05, 3.63) is 0 Å². The van der Waals surface area contributed by atoms with Crippen molar-refractivity contribution in [1.29, 1.82) is 0 Å². The molecule has 0 aromatic carbocycles. The van der Waals surface area contributed by atoms with Gasteiger partial charge >= 0.3 is 12.0 Å². The highest BCUT2D eigenvalue weighted by molar-refractivity contribution is 5.80. The second-order valence-electron chi connectivity index (χ2n) is 5.25. The van der Waals surface area contributed by atoms with Gasteiger partial charge in [0.05, 0.1) is 31.4 Å². The Bertz CT molecular complexity index is 345. The van der Waals surface area contributed by atoms with Crippen LogP contribution in [0.3, 0.4) is 0 Å². The fourth-order valence-corrected chi connectivity index (χ4v) is 2.21. The Hall–Kier alpha value is -1.34. The normalized spacial score (nSPS) is 22.1. The first-order chi connectivity index (χ1) is 8.79. The van der Waals surface area contributed by atoms with Gasteiger partial charge in [0.25, 0.3) is 0 Å². The van der Waals surface area contributed by atoms with Crippen molar-refractivity contribution in [3.8, 4) is 0 Å². The number of urea groups is 1. The molecule has 0 aliphatic carbocycles. The SMILES string of the molecule is CCN(CC(=O)O)C(=O)N1CC(CO)OC(C)(C)C1. The average Bonchev–Trinajstić information content (AvgIpc) is 2.32. The number of likely N-dealkylation sites (N-methyl/N-ethyl adjacent to an activating group) is 1. The summed E-state index contributed by atoms with van der Waals surface area (Å²) in [6.45, 7) is 5.89. The molecule has 2 amide bonds. The number of carbonyl (C=O) groups excluding carboxylic acids is 1. The van der Waals surface area contributed by atoms with Crippen molar-refractivity contribution in [2.45, 2.75) is 32.5 Å². The van der Waals surface area contributed by atoms with Crippen LogP contribution in [0.4, 0.5) is 4.79 Å². The van der Waals surface area contributed by atoms with E-state index in [1.807, 2.05) is 13.8 Å². The standard InChI is InChI=1S/C12H22N2O5/c1-4-13(6-10(16)17)11(18)14-5-9(7-15)19-12(2,3)8-14/h9,15H,4-8H2,1-3H3,(H,16,17). The lowest BCUT2D eigenvalue weighted by Crippen LogP contribution is -2.58. The van der Waals surface area contributed by atoms with Crippen molar-refractivity contribution < 1.29 is 24.5 Å². The van der Waals surface area contributed by atoms with E-state index in [1.165, 1.54) is 9.80 Å². The Balaban J connectivity index is 2.76. The van der Waals surface area contributed by atoms with Crippen LogP contribution in [0, 0.1) is 0 Å². The number of amides is 2. The maximum Gasteiger partial charge on any atom is 0.323 e. The number of ether oxygens (including phenoxy) is 1. The zero-order valence-electron chi connectivity index (χ0n) is 11.6. The van der Waals surface area contributed by atoms with Crippen LogP contribution < -0.4 is 0 Å². The summed E-state index contributed by atoms with van der Waals surface area (Å²) in [6.07, 6.45) is -0.434. The second-order valence-corrected chi connectivity index (χ2v) is 5.25. The quantitative estimate of drug-likeness (QED) is 0.752. The van der Waals surface area contributed by atoms with E-state index in [1.54, 1.807) is 6.92 Å². The van der Waals surface area contributed by atoms with Gasteiger partial charge in [0, 0.05) is 6.54 Å². The van der Waals surface area contributed by atoms with Crippen LogP contribution in [0.5, 0.6) is 0 Å². The predicted molar refractivity (Wildman–Crippen MR) is 67.9 cm³/mol. The molecule has 0 aromatic heterocycles. The van der Waals surface area contributed by atoms with E-state index >= 15 is 0 Å². The van der Waals surface area contributed by atoms with Gasteiger partial charge < -0.3 is 24.7 Å². The summed E-state index contributed by atoms with van der Waals surface area (Å²) in [5.41, 5.74) is -0.552. The fourth-order valence-electron chi connectivity index (χ4n) is 2.21. The van der Waals surface area contributed by atoms with Crippen LogP contribution >= 0.6 is 0 Å². The molecule has 0 radical (unpaired) electrons. The van der Waals surface area contributed by atoms with Gasteiger partial charge in [-0.3, -0.25) is 4.79 Å². The number of carboxylic acid groups (broad SMARTS) is 1. The Morgan fingerprint density at radius 2 is 2.11 bits per heavy atom. The van der Waals surface area contributed by atoms with Gasteiger partial charge in [-0.2, -0.15) is 0 Å². The van der Waals surface area contributed by atoms with Gasteiger partial charge in [-0.05, 0) is 20.8 Å². The molecule has 0 bridgehead atoms. The third kappa shape index (κ3) is 4.36. The Kier molecular flexibility index (Phi) is 5.13. The van der Waals surface area contributed by atoms with Crippen LogP contribution in [0.15, 0.2) is 0 Å². The first-order valence-electron chi connectivity index (χ1n) is 6.33. The summed E-state index contributed by atoms with van der Waals surface area (Å²) in [6, 6.07) is -0.334. The third-order valence-electron chi connectivity index (χ3n) is 2.93. The molecule has 7 heteroatoms. The van der Waals surface area contributed by atoms with E-state index in [0.29, 0.717) is 13.1 Å². The van der Waals surface area contributed by atoms with Crippen LogP contribution in [-0.2, 0) is 9.53 Å². The highest BCUT2D eigenvalue weighted by Gasteiger charge is 2.36. The number of hydrogen-bond acceptors (Lipinski definition) is 4. The van der Waals surface area contributed by atoms with E-state index in [9.17, 15) is 14.7 Å². The minimum Gasteiger partial charge on any atom is -0.480 e. The molecule has 1 aliphatic heterocycles. The lowest BCUT2D eigenvalue weighted by atomic mass is 10.1. The molecule has 1 unspecified atom stereocenters. The van der Waals surface area contributed by atoms with Gasteiger partial charge in [-0.1, -0.05) is 0 Å². The number of rotatable bonds is 4. The summed E-state index contributed by atoms with van der Waals surface area (Å²) >= 11 is 0. The van der Waals surface area contributed by atoms with Crippen LogP contribution in [0.25, 0.3) is 0 Å². The zero-order chi connectivity index (χ0) is 14.6. The zero-order valence-corrected chi connectivity index (χ0v) is 11.6. The van der Waals surface area contributed by atoms with Gasteiger partial charge in [0.1, 0.15) is 6.54 Å². The van der Waals surface area contributed by atoms with Gasteiger partial charge in [0.2, 0.25) is 0 Å². The van der Waals surface area contributed by atoms with Crippen molar-refractivity contribution in [1.82, 2.24) is 9.80 Å². The van der Waals surface area contributed by atoms with Crippen molar-refractivity contribution in [2.24, 2.45) is 0 Å². The molecule has 7 nitrogen and oxygen atoms in total. The maximum absolute atomic E-state index is 12.3. The number of morpholine rings is 1. The molecule has 1 rings (SSSR count). The lowest BCUT2D eigenvalue weighted by molar-refractivity contribution is -0.142. The molecule has 1 saturated heterocycles. The predicted octanol–water partition coefficient (Wildman–Crippen LogP) is -0.0154. The molecule has 0 aromatic rings. The molecule has 0 saturated carbocycles. The Labute approximate surface area is 112 Å². The highest BCUT2D eigenvalue weighted by atomic mass is 16.5. The number of carbonyl (C=O) groups is 2. The molecule has 1 heterocycles. The molecular formula is C12H22N2O5. The smallest absolute Gasteiger partial charge is 0.323 e. The molecule has 19 heavy (non-hydrogen) atoms. The highest BCUT2D eigenvalue weighted by Crippen LogP contribution is 2.21. The first-order valence-corrected chi connectivity index (χ1v) is 6.33. The van der Waals surface area contributed by atoms with Gasteiger partial charge in [0.15, 0.2) is 0 Å². The molecule has 0 spiro atoms. The number of nitrogens with zero attached hydrogens (tertiary/aromatic N) is 2. The minimum absolute atomic E-state index is 0.168. The number of aliphatic hydroxyl groups is 1. The summed E-state index contributed by atoms with van der Waals surface area (Å²) in [4.78, 5) is 25.8. The number of hydrogen-bond donors (Lipinski definition) is 2. The monoisotopic (exact) mass is 274 g/mol. The first kappa shape index (κ1) is 15.7. The summed E-state index contributed by atoms with van der Waals surface area (Å²) in [5, 5.41) is 18.0. The van der Waals surface area contributed by atoms with E-state index < -0.39 is 17.7 Å². The molecule has 1 fully saturated rings. The minimum atomic E-state index is -1.04. The van der Waals surface area contributed by atoms with Crippen molar-refractivity contribution in [3.63, 3.8) is 0 Å². The Morgan fingerprint density at radius 3 is 2.58 bits per heavy atom. The summed E-state index contributed by atoms with van der Waals surface area (Å²) in [5.74, 6) is -1.04. The van der Waals surface area contributed by atoms with Gasteiger partial charge in [-0.15, -0.1) is 0 Å². The topological polar surface area (TPSA) is 90.3 Å². The van der Waals surface area contributed by atoms with E-state index in [4.69, 9.17) is 9.84 Å². The van der Waals surface area contributed by atoms with Crippen LogP contribution in [0.2, 0.25) is 0 Å². The molecular weight excluding hydrogens is 252 g/mol. The number of aliphatic carboxylic acids is 1. The van der Waals surface area contributed by atoms with Crippen molar-refractivity contribution >= 4 is 12.0 Å². The average molecular weight is 274 g/mol. The number of carboxylic acids is 1. The Morgan fingerprint density at radius 1 is 1.47 bits per heavy atom. The van der Waals surface area contributed by atoms with Crippen molar-refractivity contribution in [2.75, 3.05) is 32.8 Å². The van der Waals surface area contributed by atoms with Gasteiger partial charge in [-0.25, -0.2) is 4.79 Å². The molecule has 1 aliphatic rings. The largest absolute Gasteiger partial charge is 0.480 e. The maximum atomic E-state index is 12.3. The summed E-state index contributed by atoms with van der Waals surface area (Å²) in [7, 11) is 0. The third-order valence-corrected chi connectivity index (χ3v) is 2.93. The summed E-state index contributed by atoms with van der Waals surface area (Å²) < 4.78 is 5.62. The molecule has 1 atom stereocenters. The van der Waals surface area contributed by atoms with E-state index in [0.717, 1.165) is 0 Å². The second kappa shape index (κ2) is 6.21. The fraction of sp³-hybridized carbons (Fsp3) is 0.833. The number of aliphatic hydroxyl groups excluding tert-OH is 1. The molecule has 2 N–H and O–H groups in total. The van der Waals surface area contributed by atoms with E-state index in [-0.39, 0.29) is 25.7 Å². The molecule has 110 valence electrons. The van der Waals surface area contributed by atoms with Crippen LogP contribution in [-0.4, -0.2) is 76.5 Å². The van der Waals surface area contributed by atoms with Crippen LogP contribution in [0.1, 0.15) is 20.8 Å².